The van der Waals surface area contributed by atoms with Gasteiger partial charge >= 0.3 is 18.2 Å². The molecule has 5 rings (SSSR count). The van der Waals surface area contributed by atoms with E-state index in [1.165, 1.54) is 36.9 Å². The number of rotatable bonds is 7. The minimum absolute atomic E-state index is 0.00676. The second kappa shape index (κ2) is 11.9. The van der Waals surface area contributed by atoms with Gasteiger partial charge in [-0.3, -0.25) is 9.69 Å². The van der Waals surface area contributed by atoms with Gasteiger partial charge in [-0.1, -0.05) is 39.9 Å². The SMILES string of the molecule is CC1(C)C(=O)N(c2ccc(F)c(C(F)(F)F)c2)C(=O)N1Cc1ccc(F)cc1Nc1ccc(N2CCN([Si](C)(C)C(C)(C)C)C2=O)cc1. The summed E-state index contributed by atoms with van der Waals surface area (Å²) in [7, 11) is -2.07. The molecular formula is C34H38F5N5O3Si. The summed E-state index contributed by atoms with van der Waals surface area (Å²) in [6, 6.07) is 11.9. The van der Waals surface area contributed by atoms with E-state index in [2.05, 4.69) is 39.2 Å². The number of halogens is 5. The summed E-state index contributed by atoms with van der Waals surface area (Å²) in [5.41, 5.74) is -1.53. The first kappa shape index (κ1) is 34.9. The Balaban J connectivity index is 1.37. The van der Waals surface area contributed by atoms with Gasteiger partial charge in [-0.15, -0.1) is 0 Å². The van der Waals surface area contributed by atoms with Crippen LogP contribution in [0.5, 0.6) is 0 Å². The number of imide groups is 1. The van der Waals surface area contributed by atoms with Crippen molar-refractivity contribution in [3.63, 3.8) is 0 Å². The van der Waals surface area contributed by atoms with Crippen LogP contribution in [0.15, 0.2) is 60.7 Å². The Hall–Kier alpha value is -4.46. The van der Waals surface area contributed by atoms with Crippen molar-refractivity contribution in [2.45, 2.75) is 71.0 Å². The van der Waals surface area contributed by atoms with Gasteiger partial charge in [-0.25, -0.2) is 23.3 Å². The fourth-order valence-corrected chi connectivity index (χ4v) is 7.82. The van der Waals surface area contributed by atoms with Crippen molar-refractivity contribution in [1.29, 1.82) is 0 Å². The third-order valence-electron chi connectivity index (χ3n) is 9.71. The fourth-order valence-electron chi connectivity index (χ4n) is 5.75. The molecule has 3 aromatic carbocycles. The summed E-state index contributed by atoms with van der Waals surface area (Å²) in [6.45, 7) is 14.7. The lowest BCUT2D eigenvalue weighted by Crippen LogP contribution is -2.56. The summed E-state index contributed by atoms with van der Waals surface area (Å²) in [5, 5.41) is 3.14. The van der Waals surface area contributed by atoms with Gasteiger partial charge < -0.3 is 14.8 Å². The van der Waals surface area contributed by atoms with Crippen molar-refractivity contribution in [2.24, 2.45) is 0 Å². The van der Waals surface area contributed by atoms with Gasteiger partial charge in [0.1, 0.15) is 17.2 Å². The molecule has 1 N–H and O–H groups in total. The van der Waals surface area contributed by atoms with Crippen LogP contribution in [0.3, 0.4) is 0 Å². The van der Waals surface area contributed by atoms with E-state index in [1.807, 2.05) is 4.57 Å². The minimum Gasteiger partial charge on any atom is -0.355 e. The number of hydrogen-bond acceptors (Lipinski definition) is 4. The number of urea groups is 2. The summed E-state index contributed by atoms with van der Waals surface area (Å²) >= 11 is 0. The smallest absolute Gasteiger partial charge is 0.355 e. The van der Waals surface area contributed by atoms with Crippen molar-refractivity contribution in [3.05, 3.63) is 83.4 Å². The number of amides is 5. The maximum atomic E-state index is 14.5. The molecule has 0 atom stereocenters. The zero-order valence-electron chi connectivity index (χ0n) is 27.8. The number of hydrogen-bond donors (Lipinski definition) is 1. The van der Waals surface area contributed by atoms with Crippen molar-refractivity contribution in [3.8, 4) is 0 Å². The van der Waals surface area contributed by atoms with E-state index in [4.69, 9.17) is 0 Å². The first-order valence-electron chi connectivity index (χ1n) is 15.4. The van der Waals surface area contributed by atoms with Crippen LogP contribution < -0.4 is 15.1 Å². The normalized spacial score (nSPS) is 17.2. The Morgan fingerprint density at radius 1 is 0.833 bits per heavy atom. The monoisotopic (exact) mass is 687 g/mol. The fraction of sp³-hybridized carbons (Fsp3) is 0.382. The van der Waals surface area contributed by atoms with Crippen LogP contribution in [0.1, 0.15) is 45.7 Å². The zero-order chi connectivity index (χ0) is 35.6. The molecule has 0 aromatic heterocycles. The summed E-state index contributed by atoms with van der Waals surface area (Å²) < 4.78 is 70.7. The van der Waals surface area contributed by atoms with Gasteiger partial charge in [0.15, 0.2) is 8.24 Å². The molecule has 0 bridgehead atoms. The molecule has 2 saturated heterocycles. The molecular weight excluding hydrogens is 649 g/mol. The number of anilines is 4. The summed E-state index contributed by atoms with van der Waals surface area (Å²) in [5.74, 6) is -2.90. The quantitative estimate of drug-likeness (QED) is 0.153. The average Bonchev–Trinajstić information content (AvgIpc) is 3.45. The number of alkyl halides is 3. The maximum Gasteiger partial charge on any atom is 0.419 e. The lowest BCUT2D eigenvalue weighted by atomic mass is 10.0. The summed E-state index contributed by atoms with van der Waals surface area (Å²) in [4.78, 5) is 43.9. The standard InChI is InChI=1S/C34H38F5N5O3Si/c1-32(2,3)48(6,7)43-17-16-41(30(43)46)24-12-10-23(11-13-24)40-28-18-22(35)9-8-21(28)20-42-31(47)44(29(45)33(42,4)5)25-14-15-27(36)26(19-25)34(37,38)39/h8-15,18-19,40H,16-17,20H2,1-7H3. The van der Waals surface area contributed by atoms with Crippen LogP contribution in [0, 0.1) is 11.6 Å². The molecule has 8 nitrogen and oxygen atoms in total. The third kappa shape index (κ3) is 6.13. The van der Waals surface area contributed by atoms with Crippen LogP contribution in [0.25, 0.3) is 0 Å². The van der Waals surface area contributed by atoms with Gasteiger partial charge in [0.05, 0.1) is 17.8 Å². The van der Waals surface area contributed by atoms with E-state index in [-0.39, 0.29) is 17.6 Å². The first-order valence-corrected chi connectivity index (χ1v) is 18.4. The Bertz CT molecular complexity index is 1770. The molecule has 3 aromatic rings. The Morgan fingerprint density at radius 2 is 1.46 bits per heavy atom. The molecule has 0 aliphatic carbocycles. The second-order valence-corrected chi connectivity index (χ2v) is 19.3. The Labute approximate surface area is 277 Å². The molecule has 14 heteroatoms. The van der Waals surface area contributed by atoms with Crippen molar-refractivity contribution >= 4 is 49.0 Å². The molecule has 2 aliphatic heterocycles. The molecule has 0 radical (unpaired) electrons. The average molecular weight is 688 g/mol. The van der Waals surface area contributed by atoms with Gasteiger partial charge in [0.2, 0.25) is 0 Å². The van der Waals surface area contributed by atoms with Gasteiger partial charge in [0.25, 0.3) is 5.91 Å². The highest BCUT2D eigenvalue weighted by Gasteiger charge is 2.52. The summed E-state index contributed by atoms with van der Waals surface area (Å²) in [6.07, 6.45) is -5.04. The van der Waals surface area contributed by atoms with E-state index >= 15 is 0 Å². The molecule has 5 amide bonds. The van der Waals surface area contributed by atoms with E-state index in [1.54, 1.807) is 29.2 Å². The molecule has 48 heavy (non-hydrogen) atoms. The van der Waals surface area contributed by atoms with E-state index < -0.39 is 54.8 Å². The van der Waals surface area contributed by atoms with Gasteiger partial charge in [0, 0.05) is 30.2 Å². The van der Waals surface area contributed by atoms with Gasteiger partial charge in [-0.05, 0) is 79.0 Å². The lowest BCUT2D eigenvalue weighted by Gasteiger charge is -2.43. The maximum absolute atomic E-state index is 14.5. The molecule has 2 aliphatic rings. The van der Waals surface area contributed by atoms with Gasteiger partial charge in [-0.2, -0.15) is 13.2 Å². The van der Waals surface area contributed by atoms with Crippen LogP contribution in [0.2, 0.25) is 18.1 Å². The Morgan fingerprint density at radius 3 is 2.06 bits per heavy atom. The molecule has 0 saturated carbocycles. The number of carbonyl (C=O) groups is 3. The molecule has 256 valence electrons. The highest BCUT2D eigenvalue weighted by Crippen LogP contribution is 2.41. The second-order valence-electron chi connectivity index (χ2n) is 14.1. The van der Waals surface area contributed by atoms with Crippen LogP contribution in [0.4, 0.5) is 54.3 Å². The third-order valence-corrected chi connectivity index (χ3v) is 15.1. The molecule has 0 spiro atoms. The topological polar surface area (TPSA) is 76.2 Å². The highest BCUT2D eigenvalue weighted by molar-refractivity contribution is 6.79. The highest BCUT2D eigenvalue weighted by atomic mass is 28.3. The van der Waals surface area contributed by atoms with E-state index in [9.17, 15) is 36.3 Å². The largest absolute Gasteiger partial charge is 0.419 e. The van der Waals surface area contributed by atoms with Crippen LogP contribution in [-0.4, -0.2) is 54.3 Å². The molecule has 2 fully saturated rings. The van der Waals surface area contributed by atoms with Crippen molar-refractivity contribution in [2.75, 3.05) is 28.2 Å². The van der Waals surface area contributed by atoms with E-state index in [0.29, 0.717) is 52.7 Å². The predicted octanol–water partition coefficient (Wildman–Crippen LogP) is 8.72. The van der Waals surface area contributed by atoms with Crippen molar-refractivity contribution in [1.82, 2.24) is 9.47 Å². The molecule has 2 heterocycles. The van der Waals surface area contributed by atoms with E-state index in [0.717, 1.165) is 6.07 Å². The Kier molecular flexibility index (Phi) is 8.64. The van der Waals surface area contributed by atoms with Crippen molar-refractivity contribution < 1.29 is 36.3 Å². The molecule has 0 unspecified atom stereocenters. The number of nitrogens with one attached hydrogen (secondary N) is 1. The van der Waals surface area contributed by atoms with Crippen LogP contribution >= 0.6 is 0 Å². The number of nitrogens with zero attached hydrogens (tertiary/aromatic N) is 4. The van der Waals surface area contributed by atoms with Crippen LogP contribution in [-0.2, 0) is 17.5 Å². The zero-order valence-corrected chi connectivity index (χ0v) is 28.8. The first-order chi connectivity index (χ1) is 22.1. The number of carbonyl (C=O) groups excluding carboxylic acids is 3. The number of benzene rings is 3. The predicted molar refractivity (Wildman–Crippen MR) is 177 cm³/mol. The lowest BCUT2D eigenvalue weighted by molar-refractivity contribution is -0.140. The minimum atomic E-state index is -5.04.